The number of nitrogens with one attached hydrogen (secondary N) is 1. The standard InChI is InChI=1S/C17H27NO.C8H13NO/c1-6-8-9-16-12-18(17(19)14(16)5)11-15(7-2)10-13(3)4;1-3-4-5-6-7-8-10-9-2/h6,8-9,13,15H,1,7,10-12H2,2-5H3;3-7,9H,1,8H2,2H3/b9-8-;5-4-,7-6+/t15-;/m1./s1. The van der Waals surface area contributed by atoms with Crippen LogP contribution < -0.4 is 5.48 Å². The van der Waals surface area contributed by atoms with Crippen LogP contribution in [0, 0.1) is 11.8 Å². The number of allylic oxidation sites excluding steroid dienone is 6. The van der Waals surface area contributed by atoms with Crippen molar-refractivity contribution in [3.8, 4) is 0 Å². The molecule has 0 unspecified atom stereocenters. The van der Waals surface area contributed by atoms with E-state index >= 15 is 0 Å². The van der Waals surface area contributed by atoms with Crippen LogP contribution in [0.1, 0.15) is 40.5 Å². The first kappa shape index (κ1) is 26.8. The molecule has 0 bridgehead atoms. The highest BCUT2D eigenvalue weighted by atomic mass is 16.6. The molecule has 0 aromatic carbocycles. The molecule has 1 amide bonds. The molecule has 1 aliphatic heterocycles. The molecule has 4 heteroatoms. The van der Waals surface area contributed by atoms with Gasteiger partial charge in [0.2, 0.25) is 5.91 Å². The lowest BCUT2D eigenvalue weighted by Crippen LogP contribution is -2.32. The fraction of sp³-hybridized carbons (Fsp3) is 0.480. The minimum absolute atomic E-state index is 0.200. The van der Waals surface area contributed by atoms with E-state index in [-0.39, 0.29) is 5.91 Å². The Morgan fingerprint density at radius 1 is 1.17 bits per heavy atom. The molecule has 0 aliphatic carbocycles. The van der Waals surface area contributed by atoms with E-state index in [4.69, 9.17) is 4.84 Å². The molecular weight excluding hydrogens is 360 g/mol. The van der Waals surface area contributed by atoms with Crippen molar-refractivity contribution in [2.24, 2.45) is 11.8 Å². The summed E-state index contributed by atoms with van der Waals surface area (Å²) in [7, 11) is 1.73. The van der Waals surface area contributed by atoms with Gasteiger partial charge in [-0.3, -0.25) is 9.63 Å². The molecular formula is C25H40N2O2. The molecule has 1 heterocycles. The molecule has 0 spiro atoms. The van der Waals surface area contributed by atoms with Crippen molar-refractivity contribution in [1.82, 2.24) is 10.4 Å². The third kappa shape index (κ3) is 12.1. The highest BCUT2D eigenvalue weighted by Gasteiger charge is 2.27. The van der Waals surface area contributed by atoms with Crippen molar-refractivity contribution in [1.29, 1.82) is 0 Å². The van der Waals surface area contributed by atoms with E-state index in [0.717, 1.165) is 30.7 Å². The Balaban J connectivity index is 0.000000665. The number of nitrogens with zero attached hydrogens (tertiary/aromatic N) is 1. The Kier molecular flexibility index (Phi) is 15.5. The zero-order valence-corrected chi connectivity index (χ0v) is 19.0. The fourth-order valence-corrected chi connectivity index (χ4v) is 3.04. The third-order valence-corrected chi connectivity index (χ3v) is 4.56. The van der Waals surface area contributed by atoms with Crippen LogP contribution in [0.15, 0.2) is 72.9 Å². The maximum atomic E-state index is 12.2. The summed E-state index contributed by atoms with van der Waals surface area (Å²) in [5.74, 6) is 1.50. The van der Waals surface area contributed by atoms with E-state index in [1.165, 1.54) is 6.42 Å². The largest absolute Gasteiger partial charge is 0.334 e. The topological polar surface area (TPSA) is 41.6 Å². The number of hydrogen-bond donors (Lipinski definition) is 1. The second kappa shape index (κ2) is 16.8. The summed E-state index contributed by atoms with van der Waals surface area (Å²) < 4.78 is 0. The van der Waals surface area contributed by atoms with E-state index in [1.54, 1.807) is 19.2 Å². The minimum Gasteiger partial charge on any atom is -0.334 e. The van der Waals surface area contributed by atoms with E-state index in [9.17, 15) is 4.79 Å². The highest BCUT2D eigenvalue weighted by Crippen LogP contribution is 2.24. The Bertz CT molecular complexity index is 612. The van der Waals surface area contributed by atoms with Gasteiger partial charge in [0.1, 0.15) is 0 Å². The Labute approximate surface area is 178 Å². The summed E-state index contributed by atoms with van der Waals surface area (Å²) in [6.45, 7) is 18.1. The Hall–Kier alpha value is -2.17. The zero-order chi connectivity index (χ0) is 22.1. The number of hydrogen-bond acceptors (Lipinski definition) is 3. The van der Waals surface area contributed by atoms with Crippen LogP contribution in [0.3, 0.4) is 0 Å². The van der Waals surface area contributed by atoms with E-state index < -0.39 is 0 Å². The number of carbonyl (C=O) groups is 1. The van der Waals surface area contributed by atoms with Crippen LogP contribution in [0.4, 0.5) is 0 Å². The SMILES string of the molecule is C=C/C=C\C1=C(C)C(=O)N(C[C@H](CC)CC(C)C)C1.C=C/C=C\C=C\CONC. The van der Waals surface area contributed by atoms with Crippen molar-refractivity contribution >= 4 is 5.91 Å². The van der Waals surface area contributed by atoms with Gasteiger partial charge in [0.05, 0.1) is 6.61 Å². The monoisotopic (exact) mass is 400 g/mol. The first-order valence-electron chi connectivity index (χ1n) is 10.4. The first-order valence-corrected chi connectivity index (χ1v) is 10.4. The van der Waals surface area contributed by atoms with Crippen molar-refractivity contribution in [3.05, 3.63) is 72.9 Å². The van der Waals surface area contributed by atoms with Crippen LogP contribution in [0.2, 0.25) is 0 Å². The molecule has 0 aromatic heterocycles. The van der Waals surface area contributed by atoms with Crippen LogP contribution in [-0.4, -0.2) is 37.6 Å². The predicted octanol–water partition coefficient (Wildman–Crippen LogP) is 5.40. The van der Waals surface area contributed by atoms with Gasteiger partial charge in [-0.2, -0.15) is 0 Å². The quantitative estimate of drug-likeness (QED) is 0.271. The second-order valence-electron chi connectivity index (χ2n) is 7.40. The average Bonchev–Trinajstić information content (AvgIpc) is 2.96. The molecule has 0 fully saturated rings. The maximum Gasteiger partial charge on any atom is 0.250 e. The van der Waals surface area contributed by atoms with Gasteiger partial charge in [-0.05, 0) is 30.8 Å². The fourth-order valence-electron chi connectivity index (χ4n) is 3.04. The predicted molar refractivity (Wildman–Crippen MR) is 125 cm³/mol. The lowest BCUT2D eigenvalue weighted by molar-refractivity contribution is -0.126. The molecule has 1 rings (SSSR count). The summed E-state index contributed by atoms with van der Waals surface area (Å²) in [4.78, 5) is 19.0. The summed E-state index contributed by atoms with van der Waals surface area (Å²) >= 11 is 0. The number of rotatable bonds is 12. The summed E-state index contributed by atoms with van der Waals surface area (Å²) in [5, 5.41) is 0. The molecule has 0 aromatic rings. The maximum absolute atomic E-state index is 12.2. The van der Waals surface area contributed by atoms with Crippen molar-refractivity contribution in [3.63, 3.8) is 0 Å². The van der Waals surface area contributed by atoms with Gasteiger partial charge in [-0.1, -0.05) is 89.0 Å². The number of amides is 1. The number of hydroxylamine groups is 1. The van der Waals surface area contributed by atoms with Crippen LogP contribution in [0.5, 0.6) is 0 Å². The van der Waals surface area contributed by atoms with Crippen molar-refractivity contribution < 1.29 is 9.63 Å². The second-order valence-corrected chi connectivity index (χ2v) is 7.40. The molecule has 4 nitrogen and oxygen atoms in total. The third-order valence-electron chi connectivity index (χ3n) is 4.56. The summed E-state index contributed by atoms with van der Waals surface area (Å²) in [5.41, 5.74) is 4.58. The van der Waals surface area contributed by atoms with Crippen molar-refractivity contribution in [2.75, 3.05) is 26.7 Å². The van der Waals surface area contributed by atoms with E-state index in [1.807, 2.05) is 48.3 Å². The van der Waals surface area contributed by atoms with Crippen LogP contribution >= 0.6 is 0 Å². The molecule has 29 heavy (non-hydrogen) atoms. The summed E-state index contributed by atoms with van der Waals surface area (Å²) in [6, 6.07) is 0. The van der Waals surface area contributed by atoms with Crippen molar-refractivity contribution in [2.45, 2.75) is 40.5 Å². The normalized spacial score (nSPS) is 15.7. The van der Waals surface area contributed by atoms with Gasteiger partial charge >= 0.3 is 0 Å². The van der Waals surface area contributed by atoms with Gasteiger partial charge < -0.3 is 4.90 Å². The molecule has 0 radical (unpaired) electrons. The van der Waals surface area contributed by atoms with Crippen LogP contribution in [0.25, 0.3) is 0 Å². The van der Waals surface area contributed by atoms with Gasteiger partial charge in [-0.25, -0.2) is 5.48 Å². The molecule has 0 saturated carbocycles. The minimum atomic E-state index is 0.200. The van der Waals surface area contributed by atoms with Gasteiger partial charge in [0, 0.05) is 25.7 Å². The Morgan fingerprint density at radius 3 is 2.41 bits per heavy atom. The van der Waals surface area contributed by atoms with Gasteiger partial charge in [-0.15, -0.1) is 0 Å². The van der Waals surface area contributed by atoms with Gasteiger partial charge in [0.25, 0.3) is 0 Å². The lowest BCUT2D eigenvalue weighted by atomic mass is 9.94. The number of carbonyl (C=O) groups excluding carboxylic acids is 1. The first-order chi connectivity index (χ1) is 13.9. The van der Waals surface area contributed by atoms with Crippen LogP contribution in [-0.2, 0) is 9.63 Å². The molecule has 0 saturated heterocycles. The average molecular weight is 401 g/mol. The highest BCUT2D eigenvalue weighted by molar-refractivity contribution is 5.97. The van der Waals surface area contributed by atoms with E-state index in [2.05, 4.69) is 39.4 Å². The molecule has 1 N–H and O–H groups in total. The Morgan fingerprint density at radius 2 is 1.86 bits per heavy atom. The summed E-state index contributed by atoms with van der Waals surface area (Å²) in [6.07, 6.45) is 17.3. The van der Waals surface area contributed by atoms with Gasteiger partial charge in [0.15, 0.2) is 0 Å². The smallest absolute Gasteiger partial charge is 0.250 e. The van der Waals surface area contributed by atoms with E-state index in [0.29, 0.717) is 18.4 Å². The molecule has 162 valence electrons. The molecule has 1 aliphatic rings. The lowest BCUT2D eigenvalue weighted by Gasteiger charge is -2.24. The molecule has 1 atom stereocenters. The zero-order valence-electron chi connectivity index (χ0n) is 19.0.